The molecule has 2 nitrogen and oxygen atoms in total. The maximum Gasteiger partial charge on any atom is 0.277 e. The smallest absolute Gasteiger partial charge is 0.277 e. The van der Waals surface area contributed by atoms with Gasteiger partial charge < -0.3 is 9.80 Å². The molecule has 0 bridgehead atoms. The number of fused-ring (bicyclic) bond motifs is 8. The summed E-state index contributed by atoms with van der Waals surface area (Å²) in [5.74, 6) is 0. The van der Waals surface area contributed by atoms with E-state index in [2.05, 4.69) is 39.0 Å². The summed E-state index contributed by atoms with van der Waals surface area (Å²) in [5.41, 5.74) is 4.30. The first-order valence-corrected chi connectivity index (χ1v) is 15.7. The number of anilines is 6. The molecule has 43 heavy (non-hydrogen) atoms. The van der Waals surface area contributed by atoms with Gasteiger partial charge in [0, 0.05) is 52.5 Å². The molecular weight excluding hydrogens is 559 g/mol. The zero-order chi connectivity index (χ0) is 37.6. The standard InChI is InChI=1S/C38H29BN2S2/c1-38(2,3)24-21-22-32-28(23-24)35-37(43-32)39-33-29(18-12-19-30(33)41(35)26-15-8-5-9-16-26)40(25-13-6-4-7-14-25)34-27-17-10-11-20-31(27)42-36(34)39/h4-23H,1-3H3/i4D,5D,6D,7D,8D,9D,13D,14D,15D,16D. The molecule has 2 aliphatic heterocycles. The topological polar surface area (TPSA) is 6.48 Å². The van der Waals surface area contributed by atoms with E-state index in [-0.39, 0.29) is 47.7 Å². The molecule has 0 atom stereocenters. The highest BCUT2D eigenvalue weighted by atomic mass is 32.1. The molecule has 0 unspecified atom stereocenters. The van der Waals surface area contributed by atoms with Crippen molar-refractivity contribution in [3.63, 3.8) is 0 Å². The van der Waals surface area contributed by atoms with Crippen LogP contribution in [0.2, 0.25) is 0 Å². The van der Waals surface area contributed by atoms with Gasteiger partial charge in [-0.25, -0.2) is 0 Å². The number of hydrogen-bond acceptors (Lipinski definition) is 4. The van der Waals surface area contributed by atoms with Crippen molar-refractivity contribution in [3.05, 3.63) is 127 Å². The summed E-state index contributed by atoms with van der Waals surface area (Å²) in [6.07, 6.45) is 0. The number of benzene rings is 5. The van der Waals surface area contributed by atoms with Crippen molar-refractivity contribution in [2.75, 3.05) is 9.80 Å². The lowest BCUT2D eigenvalue weighted by atomic mass is 9.39. The molecule has 7 aromatic rings. The van der Waals surface area contributed by atoms with Gasteiger partial charge >= 0.3 is 0 Å². The zero-order valence-corrected chi connectivity index (χ0v) is 25.2. The number of rotatable bonds is 2. The minimum atomic E-state index is -0.485. The molecule has 0 radical (unpaired) electrons. The third kappa shape index (κ3) is 3.59. The first-order chi connectivity index (χ1) is 25.1. The van der Waals surface area contributed by atoms with E-state index < -0.39 is 36.3 Å². The van der Waals surface area contributed by atoms with Gasteiger partial charge in [0.2, 0.25) is 0 Å². The fourth-order valence-electron chi connectivity index (χ4n) is 6.50. The summed E-state index contributed by atoms with van der Waals surface area (Å²) >= 11 is 3.18. The van der Waals surface area contributed by atoms with Crippen LogP contribution in [0.25, 0.3) is 20.2 Å². The van der Waals surface area contributed by atoms with Crippen molar-refractivity contribution in [3.8, 4) is 0 Å². The minimum absolute atomic E-state index is 0.0129. The van der Waals surface area contributed by atoms with E-state index in [4.69, 9.17) is 11.0 Å². The van der Waals surface area contributed by atoms with E-state index in [1.807, 2.05) is 42.5 Å². The monoisotopic (exact) mass is 598 g/mol. The average Bonchev–Trinajstić information content (AvgIpc) is 3.71. The van der Waals surface area contributed by atoms with E-state index in [1.165, 1.54) is 0 Å². The maximum absolute atomic E-state index is 9.18. The van der Waals surface area contributed by atoms with Crippen molar-refractivity contribution in [2.24, 2.45) is 0 Å². The Morgan fingerprint density at radius 3 is 1.79 bits per heavy atom. The Labute approximate surface area is 274 Å². The van der Waals surface area contributed by atoms with Crippen molar-refractivity contribution >= 4 is 98.7 Å². The van der Waals surface area contributed by atoms with E-state index in [0.717, 1.165) is 52.1 Å². The van der Waals surface area contributed by atoms with Crippen LogP contribution in [0.5, 0.6) is 0 Å². The molecular formula is C38H29BN2S2. The van der Waals surface area contributed by atoms with Crippen molar-refractivity contribution in [2.45, 2.75) is 26.2 Å². The Bertz CT molecular complexity index is 2710. The lowest BCUT2D eigenvalue weighted by Gasteiger charge is -2.42. The summed E-state index contributed by atoms with van der Waals surface area (Å²) in [6, 6.07) is 15.7. The summed E-state index contributed by atoms with van der Waals surface area (Å²) in [4.78, 5) is 3.58. The molecule has 2 aromatic heterocycles. The lowest BCUT2D eigenvalue weighted by Crippen LogP contribution is -2.59. The first kappa shape index (κ1) is 17.1. The third-order valence-electron chi connectivity index (χ3n) is 8.37. The molecule has 9 rings (SSSR count). The predicted octanol–water partition coefficient (Wildman–Crippen LogP) is 9.50. The van der Waals surface area contributed by atoms with Gasteiger partial charge in [0.05, 0.1) is 25.1 Å². The molecule has 5 aromatic carbocycles. The van der Waals surface area contributed by atoms with Gasteiger partial charge in [0.25, 0.3) is 6.71 Å². The molecule has 0 aliphatic carbocycles. The number of thiophene rings is 2. The van der Waals surface area contributed by atoms with Crippen molar-refractivity contribution in [1.82, 2.24) is 0 Å². The molecule has 0 spiro atoms. The quantitative estimate of drug-likeness (QED) is 0.183. The van der Waals surface area contributed by atoms with Crippen LogP contribution in [0.4, 0.5) is 34.1 Å². The average molecular weight is 599 g/mol. The summed E-state index contributed by atoms with van der Waals surface area (Å²) < 4.78 is 91.7. The fourth-order valence-corrected chi connectivity index (χ4v) is 9.17. The predicted molar refractivity (Wildman–Crippen MR) is 190 cm³/mol. The van der Waals surface area contributed by atoms with Crippen molar-refractivity contribution < 1.29 is 13.7 Å². The Balaban J connectivity index is 1.48. The Kier molecular flexibility index (Phi) is 3.62. The molecule has 206 valence electrons. The van der Waals surface area contributed by atoms with Gasteiger partial charge in [-0.1, -0.05) is 87.4 Å². The summed E-state index contributed by atoms with van der Waals surface area (Å²) in [7, 11) is 0. The number of nitrogens with zero attached hydrogens (tertiary/aromatic N) is 2. The van der Waals surface area contributed by atoms with E-state index in [1.54, 1.807) is 32.5 Å². The Hall–Kier alpha value is -4.32. The second kappa shape index (κ2) is 9.09. The van der Waals surface area contributed by atoms with Crippen molar-refractivity contribution in [1.29, 1.82) is 0 Å². The largest absolute Gasteiger partial charge is 0.310 e. The molecule has 0 N–H and O–H groups in total. The Morgan fingerprint density at radius 2 is 1.19 bits per heavy atom. The molecule has 0 fully saturated rings. The fraction of sp³-hybridized carbons (Fsp3) is 0.105. The SMILES string of the molecule is [2H]c1c([2H])c([2H])c(N2c3cccc4c3B(c3sc5ccccc5c32)c2sc3ccc(C(C)(C)C)cc3c2N4c2c([2H])c([2H])c([2H])c([2H])c2[2H])c([2H])c1[2H]. The van der Waals surface area contributed by atoms with Gasteiger partial charge in [0.1, 0.15) is 0 Å². The van der Waals surface area contributed by atoms with Gasteiger partial charge in [-0.2, -0.15) is 0 Å². The number of para-hydroxylation sites is 2. The van der Waals surface area contributed by atoms with Crippen LogP contribution >= 0.6 is 22.7 Å². The molecule has 0 saturated carbocycles. The molecule has 5 heteroatoms. The normalized spacial score (nSPS) is 17.0. The van der Waals surface area contributed by atoms with Gasteiger partial charge in [0.15, 0.2) is 0 Å². The summed E-state index contributed by atoms with van der Waals surface area (Å²) in [6.45, 7) is 6.04. The maximum atomic E-state index is 9.18. The van der Waals surface area contributed by atoms with E-state index >= 15 is 0 Å². The molecule has 4 heterocycles. The highest BCUT2D eigenvalue weighted by Gasteiger charge is 2.46. The summed E-state index contributed by atoms with van der Waals surface area (Å²) in [5, 5.41) is 1.78. The van der Waals surface area contributed by atoms with E-state index in [0.29, 0.717) is 11.4 Å². The van der Waals surface area contributed by atoms with Gasteiger partial charge in [-0.15, -0.1) is 22.7 Å². The number of hydrogen-bond donors (Lipinski definition) is 0. The van der Waals surface area contributed by atoms with Crippen LogP contribution in [-0.4, -0.2) is 6.71 Å². The zero-order valence-electron chi connectivity index (χ0n) is 33.6. The van der Waals surface area contributed by atoms with Crippen LogP contribution in [0.15, 0.2) is 121 Å². The van der Waals surface area contributed by atoms with Crippen LogP contribution in [0, 0.1) is 0 Å². The minimum Gasteiger partial charge on any atom is -0.310 e. The molecule has 0 amide bonds. The van der Waals surface area contributed by atoms with Crippen LogP contribution in [-0.2, 0) is 5.41 Å². The van der Waals surface area contributed by atoms with Gasteiger partial charge in [-0.3, -0.25) is 0 Å². The molecule has 2 aliphatic rings. The highest BCUT2D eigenvalue weighted by molar-refractivity contribution is 7.40. The van der Waals surface area contributed by atoms with Crippen LogP contribution in [0.1, 0.15) is 40.0 Å². The Morgan fingerprint density at radius 1 is 0.628 bits per heavy atom. The van der Waals surface area contributed by atoms with Crippen LogP contribution < -0.4 is 24.8 Å². The van der Waals surface area contributed by atoms with Crippen LogP contribution in [0.3, 0.4) is 0 Å². The highest BCUT2D eigenvalue weighted by Crippen LogP contribution is 2.50. The molecule has 0 saturated heterocycles. The lowest BCUT2D eigenvalue weighted by molar-refractivity contribution is 0.591. The van der Waals surface area contributed by atoms with E-state index in [9.17, 15) is 2.74 Å². The first-order valence-electron chi connectivity index (χ1n) is 19.1. The van der Waals surface area contributed by atoms with Gasteiger partial charge in [-0.05, 0) is 70.9 Å². The second-order valence-corrected chi connectivity index (χ2v) is 14.0. The third-order valence-corrected chi connectivity index (χ3v) is 10.8. The second-order valence-electron chi connectivity index (χ2n) is 11.8.